The number of hydrogen-bond acceptors (Lipinski definition) is 4. The maximum Gasteiger partial charge on any atom is 0.292 e. The molecular formula is C22H21FN4O2. The minimum absolute atomic E-state index is 0.136. The quantitative estimate of drug-likeness (QED) is 0.532. The first kappa shape index (κ1) is 18.9. The fourth-order valence-electron chi connectivity index (χ4n) is 3.07. The molecule has 0 spiro atoms. The van der Waals surface area contributed by atoms with Crippen LogP contribution in [0.2, 0.25) is 0 Å². The van der Waals surface area contributed by atoms with E-state index in [4.69, 9.17) is 4.42 Å². The number of aryl methyl sites for hydroxylation is 1. The number of fused-ring (bicyclic) bond motifs is 1. The molecule has 1 aromatic carbocycles. The largest absolute Gasteiger partial charge is 0.451 e. The Bertz CT molecular complexity index is 1200. The van der Waals surface area contributed by atoms with E-state index in [0.29, 0.717) is 28.2 Å². The second kappa shape index (κ2) is 6.84. The van der Waals surface area contributed by atoms with Crippen LogP contribution in [0.1, 0.15) is 42.6 Å². The summed E-state index contributed by atoms with van der Waals surface area (Å²) in [6.07, 6.45) is 1.66. The second-order valence-electron chi connectivity index (χ2n) is 7.92. The molecule has 6 nitrogen and oxygen atoms in total. The van der Waals surface area contributed by atoms with Crippen molar-refractivity contribution in [3.63, 3.8) is 0 Å². The zero-order valence-corrected chi connectivity index (χ0v) is 16.7. The number of anilines is 1. The summed E-state index contributed by atoms with van der Waals surface area (Å²) in [6, 6.07) is 11.5. The summed E-state index contributed by atoms with van der Waals surface area (Å²) in [5.41, 5.74) is 1.63. The molecule has 0 atom stereocenters. The lowest BCUT2D eigenvalue weighted by atomic mass is 9.92. The maximum atomic E-state index is 13.6. The fourth-order valence-corrected chi connectivity index (χ4v) is 3.07. The van der Waals surface area contributed by atoms with Crippen LogP contribution in [0.4, 0.5) is 10.2 Å². The van der Waals surface area contributed by atoms with Gasteiger partial charge in [-0.3, -0.25) is 4.79 Å². The second-order valence-corrected chi connectivity index (χ2v) is 7.92. The molecule has 3 aromatic heterocycles. The predicted octanol–water partition coefficient (Wildman–Crippen LogP) is 5.01. The topological polar surface area (TPSA) is 73.0 Å². The standard InChI is InChI=1S/C22H21FN4O2/c1-13-15-11-14(23)8-9-16(15)29-20(13)21(28)25-19-12-17(22(2,3)4)26-27(19)18-7-5-6-10-24-18/h5-12H,1-4H3,(H,25,28). The van der Waals surface area contributed by atoms with Crippen LogP contribution in [0, 0.1) is 12.7 Å². The number of benzene rings is 1. The van der Waals surface area contributed by atoms with Gasteiger partial charge in [-0.1, -0.05) is 26.8 Å². The Morgan fingerprint density at radius 3 is 2.66 bits per heavy atom. The van der Waals surface area contributed by atoms with Crippen molar-refractivity contribution in [2.45, 2.75) is 33.1 Å². The van der Waals surface area contributed by atoms with Gasteiger partial charge in [0.1, 0.15) is 17.2 Å². The third kappa shape index (κ3) is 3.51. The van der Waals surface area contributed by atoms with Crippen LogP contribution in [0.5, 0.6) is 0 Å². The van der Waals surface area contributed by atoms with Crippen LogP contribution in [0.15, 0.2) is 53.1 Å². The van der Waals surface area contributed by atoms with Crippen molar-refractivity contribution in [1.29, 1.82) is 0 Å². The highest BCUT2D eigenvalue weighted by molar-refractivity contribution is 6.06. The lowest BCUT2D eigenvalue weighted by Gasteiger charge is -2.13. The van der Waals surface area contributed by atoms with Crippen molar-refractivity contribution < 1.29 is 13.6 Å². The van der Waals surface area contributed by atoms with Crippen LogP contribution >= 0.6 is 0 Å². The van der Waals surface area contributed by atoms with Crippen LogP contribution < -0.4 is 5.32 Å². The van der Waals surface area contributed by atoms with E-state index in [1.165, 1.54) is 18.2 Å². The Morgan fingerprint density at radius 2 is 1.97 bits per heavy atom. The van der Waals surface area contributed by atoms with E-state index in [0.717, 1.165) is 5.69 Å². The number of nitrogens with one attached hydrogen (secondary N) is 1. The minimum atomic E-state index is -0.434. The van der Waals surface area contributed by atoms with Crippen LogP contribution in [0.25, 0.3) is 16.8 Å². The highest BCUT2D eigenvalue weighted by Crippen LogP contribution is 2.29. The number of pyridine rings is 1. The van der Waals surface area contributed by atoms with E-state index in [9.17, 15) is 9.18 Å². The fraction of sp³-hybridized carbons (Fsp3) is 0.227. The summed E-state index contributed by atoms with van der Waals surface area (Å²) in [4.78, 5) is 17.3. The number of amides is 1. The zero-order chi connectivity index (χ0) is 20.8. The maximum absolute atomic E-state index is 13.6. The highest BCUT2D eigenvalue weighted by atomic mass is 19.1. The van der Waals surface area contributed by atoms with Gasteiger partial charge >= 0.3 is 0 Å². The molecule has 0 aliphatic heterocycles. The van der Waals surface area contributed by atoms with Gasteiger partial charge in [0, 0.05) is 28.6 Å². The Balaban J connectivity index is 1.75. The van der Waals surface area contributed by atoms with Crippen molar-refractivity contribution in [2.75, 3.05) is 5.32 Å². The van der Waals surface area contributed by atoms with Gasteiger partial charge in [0.2, 0.25) is 0 Å². The third-order valence-electron chi connectivity index (χ3n) is 4.69. The summed E-state index contributed by atoms with van der Waals surface area (Å²) < 4.78 is 20.8. The molecule has 3 heterocycles. The molecule has 4 aromatic rings. The molecule has 0 aliphatic rings. The van der Waals surface area contributed by atoms with Crippen LogP contribution in [-0.2, 0) is 5.41 Å². The van der Waals surface area contributed by atoms with Gasteiger partial charge in [0.05, 0.1) is 5.69 Å². The molecule has 0 bridgehead atoms. The molecule has 0 fully saturated rings. The third-order valence-corrected chi connectivity index (χ3v) is 4.69. The zero-order valence-electron chi connectivity index (χ0n) is 16.7. The number of carbonyl (C=O) groups is 1. The first-order chi connectivity index (χ1) is 13.7. The average Bonchev–Trinajstić information content (AvgIpc) is 3.24. The molecule has 0 saturated carbocycles. The Labute approximate surface area is 167 Å². The van der Waals surface area contributed by atoms with E-state index < -0.39 is 5.91 Å². The van der Waals surface area contributed by atoms with E-state index >= 15 is 0 Å². The average molecular weight is 392 g/mol. The smallest absolute Gasteiger partial charge is 0.292 e. The lowest BCUT2D eigenvalue weighted by Crippen LogP contribution is -2.16. The van der Waals surface area contributed by atoms with Gasteiger partial charge in [-0.05, 0) is 37.3 Å². The van der Waals surface area contributed by atoms with E-state index in [-0.39, 0.29) is 17.0 Å². The van der Waals surface area contributed by atoms with Crippen molar-refractivity contribution in [2.24, 2.45) is 0 Å². The number of nitrogens with zero attached hydrogens (tertiary/aromatic N) is 3. The number of hydrogen-bond donors (Lipinski definition) is 1. The van der Waals surface area contributed by atoms with Crippen LogP contribution in [-0.4, -0.2) is 20.7 Å². The van der Waals surface area contributed by atoms with Gasteiger partial charge in [0.15, 0.2) is 11.6 Å². The number of halogens is 1. The molecule has 7 heteroatoms. The van der Waals surface area contributed by atoms with Gasteiger partial charge in [-0.2, -0.15) is 9.78 Å². The van der Waals surface area contributed by atoms with Crippen molar-refractivity contribution in [3.8, 4) is 5.82 Å². The highest BCUT2D eigenvalue weighted by Gasteiger charge is 2.24. The van der Waals surface area contributed by atoms with Gasteiger partial charge < -0.3 is 9.73 Å². The van der Waals surface area contributed by atoms with E-state index in [1.807, 2.05) is 45.0 Å². The normalized spacial score (nSPS) is 11.8. The molecule has 0 saturated heterocycles. The first-order valence-electron chi connectivity index (χ1n) is 9.26. The minimum Gasteiger partial charge on any atom is -0.451 e. The summed E-state index contributed by atoms with van der Waals surface area (Å²) in [7, 11) is 0. The number of aromatic nitrogens is 3. The molecule has 0 aliphatic carbocycles. The van der Waals surface area contributed by atoms with E-state index in [1.54, 1.807) is 17.8 Å². The summed E-state index contributed by atoms with van der Waals surface area (Å²) in [5.74, 6) is 0.385. The molecule has 148 valence electrons. The predicted molar refractivity (Wildman–Crippen MR) is 109 cm³/mol. The number of carbonyl (C=O) groups excluding carboxylic acids is 1. The summed E-state index contributed by atoms with van der Waals surface area (Å²) >= 11 is 0. The Hall–Kier alpha value is -3.48. The molecule has 4 rings (SSSR count). The SMILES string of the molecule is Cc1c(C(=O)Nc2cc(C(C)(C)C)nn2-c2ccccn2)oc2ccc(F)cc12. The van der Waals surface area contributed by atoms with Crippen LogP contribution in [0.3, 0.4) is 0 Å². The molecule has 29 heavy (non-hydrogen) atoms. The lowest BCUT2D eigenvalue weighted by molar-refractivity contribution is 0.0997. The Kier molecular flexibility index (Phi) is 4.45. The molecular weight excluding hydrogens is 371 g/mol. The van der Waals surface area contributed by atoms with Crippen molar-refractivity contribution >= 4 is 22.7 Å². The summed E-state index contributed by atoms with van der Waals surface area (Å²) in [6.45, 7) is 7.86. The summed E-state index contributed by atoms with van der Waals surface area (Å²) in [5, 5.41) is 8.08. The molecule has 1 N–H and O–H groups in total. The van der Waals surface area contributed by atoms with Gasteiger partial charge in [-0.15, -0.1) is 0 Å². The molecule has 0 radical (unpaired) electrons. The van der Waals surface area contributed by atoms with Crippen molar-refractivity contribution in [3.05, 3.63) is 71.5 Å². The van der Waals surface area contributed by atoms with Gasteiger partial charge in [-0.25, -0.2) is 9.37 Å². The molecule has 1 amide bonds. The molecule has 0 unspecified atom stereocenters. The van der Waals surface area contributed by atoms with Crippen molar-refractivity contribution in [1.82, 2.24) is 14.8 Å². The number of rotatable bonds is 3. The first-order valence-corrected chi connectivity index (χ1v) is 9.26. The monoisotopic (exact) mass is 392 g/mol. The van der Waals surface area contributed by atoms with E-state index in [2.05, 4.69) is 15.4 Å². The number of furan rings is 1. The van der Waals surface area contributed by atoms with Gasteiger partial charge in [0.25, 0.3) is 5.91 Å². The Morgan fingerprint density at radius 1 is 1.17 bits per heavy atom.